The van der Waals surface area contributed by atoms with Gasteiger partial charge in [-0.2, -0.15) is 13.2 Å². The van der Waals surface area contributed by atoms with Crippen molar-refractivity contribution in [1.82, 2.24) is 33.2 Å². The van der Waals surface area contributed by atoms with Crippen LogP contribution >= 0.6 is 0 Å². The van der Waals surface area contributed by atoms with E-state index in [1.165, 1.54) is 22.9 Å². The Hall–Kier alpha value is -11.4. The zero-order valence-electron chi connectivity index (χ0n) is 45.8. The number of rotatable bonds is 8. The SMILES string of the molecule is FC(F)(F)c1ccc(-c2cc(-c3nc(-c4ccccc4)nc(-c4ccccc4)n3)ccc2-n2c3ccccc3c3cc(-n4c5ccccc5c5ccccc54)ccc32)c(-n2c3ccccc3c3cc(-n4c5ccccc5c5ccccc54)ccc32)c1. The normalized spacial score (nSPS) is 12.1. The van der Waals surface area contributed by atoms with Crippen molar-refractivity contribution in [3.05, 3.63) is 285 Å². The van der Waals surface area contributed by atoms with Crippen molar-refractivity contribution in [3.63, 3.8) is 0 Å². The molecule has 5 aromatic heterocycles. The van der Waals surface area contributed by atoms with Gasteiger partial charge in [0.2, 0.25) is 0 Å². The lowest BCUT2D eigenvalue weighted by molar-refractivity contribution is -0.137. The summed E-state index contributed by atoms with van der Waals surface area (Å²) in [7, 11) is 0. The summed E-state index contributed by atoms with van der Waals surface area (Å²) in [5, 5.41) is 8.43. The van der Waals surface area contributed by atoms with E-state index in [1.54, 1.807) is 6.07 Å². The molecule has 17 aromatic rings. The molecule has 0 saturated heterocycles. The van der Waals surface area contributed by atoms with Crippen LogP contribution in [0.5, 0.6) is 0 Å². The van der Waals surface area contributed by atoms with E-state index in [0.717, 1.165) is 105 Å². The number of para-hydroxylation sites is 6. The van der Waals surface area contributed by atoms with Gasteiger partial charge in [0.15, 0.2) is 17.5 Å². The van der Waals surface area contributed by atoms with E-state index in [0.29, 0.717) is 39.9 Å². The molecule has 0 atom stereocenters. The quantitative estimate of drug-likeness (QED) is 0.152. The lowest BCUT2D eigenvalue weighted by atomic mass is 9.96. The smallest absolute Gasteiger partial charge is 0.309 e. The van der Waals surface area contributed by atoms with Crippen molar-refractivity contribution in [1.29, 1.82) is 0 Å². The van der Waals surface area contributed by atoms with Gasteiger partial charge >= 0.3 is 6.18 Å². The summed E-state index contributed by atoms with van der Waals surface area (Å²) in [4.78, 5) is 15.4. The van der Waals surface area contributed by atoms with Crippen LogP contribution in [0.15, 0.2) is 279 Å². The molecule has 0 fully saturated rings. The minimum Gasteiger partial charge on any atom is -0.309 e. The molecule has 17 rings (SSSR count). The van der Waals surface area contributed by atoms with Crippen LogP contribution in [0.1, 0.15) is 5.56 Å². The largest absolute Gasteiger partial charge is 0.416 e. The highest BCUT2D eigenvalue weighted by molar-refractivity contribution is 6.15. The Morgan fingerprint density at radius 3 is 1.01 bits per heavy atom. The Labute approximate surface area is 490 Å². The van der Waals surface area contributed by atoms with Gasteiger partial charge < -0.3 is 18.3 Å². The molecule has 86 heavy (non-hydrogen) atoms. The zero-order valence-corrected chi connectivity index (χ0v) is 45.8. The summed E-state index contributed by atoms with van der Waals surface area (Å²) < 4.78 is 55.6. The maximum absolute atomic E-state index is 15.6. The minimum absolute atomic E-state index is 0.356. The molecule has 0 amide bonds. The van der Waals surface area contributed by atoms with Gasteiger partial charge in [0.05, 0.1) is 61.1 Å². The van der Waals surface area contributed by atoms with E-state index in [9.17, 15) is 0 Å². The Balaban J connectivity index is 0.948. The Kier molecular flexibility index (Phi) is 10.9. The lowest BCUT2D eigenvalue weighted by Crippen LogP contribution is -2.08. The first kappa shape index (κ1) is 49.3. The third-order valence-corrected chi connectivity index (χ3v) is 17.0. The minimum atomic E-state index is -4.67. The van der Waals surface area contributed by atoms with Gasteiger partial charge in [-0.25, -0.2) is 15.0 Å². The highest BCUT2D eigenvalue weighted by atomic mass is 19.4. The molecule has 7 nitrogen and oxygen atoms in total. The van der Waals surface area contributed by atoms with Crippen LogP contribution in [0.25, 0.3) is 155 Å². The number of hydrogen-bond donors (Lipinski definition) is 0. The molecule has 12 aromatic carbocycles. The second-order valence-corrected chi connectivity index (χ2v) is 21.8. The van der Waals surface area contributed by atoms with Crippen LogP contribution in [0.2, 0.25) is 0 Å². The van der Waals surface area contributed by atoms with E-state index < -0.39 is 11.7 Å². The molecule has 5 heterocycles. The van der Waals surface area contributed by atoms with Gasteiger partial charge in [0, 0.05) is 82.3 Å². The van der Waals surface area contributed by atoms with Gasteiger partial charge in [-0.3, -0.25) is 0 Å². The molecule has 0 bridgehead atoms. The molecule has 406 valence electrons. The fourth-order valence-electron chi connectivity index (χ4n) is 13.3. The standard InChI is InChI=1S/C76H46F3N7/c77-76(78,79)50-36-39-59(72(44-50)86-68-34-18-12-28-58(68)62-46-52(38-42-71(62)86)84-65-31-15-9-25-55(65)56-26-10-16-32-66(56)84)60-43-49(75-81-73(47-19-3-1-4-20-47)80-74(82-75)48-21-5-2-6-22-48)35-40-69(60)85-67-33-17-11-27-57(67)61-45-51(37-41-70(61)85)83-63-29-13-7-23-53(63)54-24-8-14-30-64(54)83/h1-46H. The average molecular weight is 1110 g/mol. The van der Waals surface area contributed by atoms with Gasteiger partial charge in [0.1, 0.15) is 0 Å². The zero-order chi connectivity index (χ0) is 57.2. The summed E-state index contributed by atoms with van der Waals surface area (Å²) in [6, 6.07) is 93.0. The molecular weight excluding hydrogens is 1070 g/mol. The van der Waals surface area contributed by atoms with Crippen molar-refractivity contribution in [3.8, 4) is 68.0 Å². The summed E-state index contributed by atoms with van der Waals surface area (Å²) in [6.45, 7) is 0. The summed E-state index contributed by atoms with van der Waals surface area (Å²) in [6.07, 6.45) is -4.67. The van der Waals surface area contributed by atoms with Gasteiger partial charge in [-0.1, -0.05) is 176 Å². The number of aromatic nitrogens is 7. The molecule has 0 spiro atoms. The monoisotopic (exact) mass is 1110 g/mol. The molecule has 0 saturated carbocycles. The molecule has 10 heteroatoms. The Morgan fingerprint density at radius 2 is 0.593 bits per heavy atom. The molecule has 0 unspecified atom stereocenters. The predicted molar refractivity (Wildman–Crippen MR) is 344 cm³/mol. The first-order valence-electron chi connectivity index (χ1n) is 28.6. The number of benzene rings is 12. The molecule has 0 radical (unpaired) electrons. The number of nitrogens with zero attached hydrogens (tertiary/aromatic N) is 7. The molecule has 0 N–H and O–H groups in total. The lowest BCUT2D eigenvalue weighted by Gasteiger charge is -2.21. The third kappa shape index (κ3) is 7.66. The fraction of sp³-hybridized carbons (Fsp3) is 0.0132. The first-order chi connectivity index (χ1) is 42.3. The highest BCUT2D eigenvalue weighted by Gasteiger charge is 2.33. The van der Waals surface area contributed by atoms with Crippen molar-refractivity contribution >= 4 is 87.2 Å². The maximum atomic E-state index is 15.6. The van der Waals surface area contributed by atoms with Crippen molar-refractivity contribution < 1.29 is 13.2 Å². The third-order valence-electron chi connectivity index (χ3n) is 17.0. The van der Waals surface area contributed by atoms with Crippen LogP contribution in [0.4, 0.5) is 13.2 Å². The second kappa shape index (κ2) is 19.1. The fourth-order valence-corrected chi connectivity index (χ4v) is 13.3. The van der Waals surface area contributed by atoms with Crippen molar-refractivity contribution in [2.24, 2.45) is 0 Å². The van der Waals surface area contributed by atoms with Crippen molar-refractivity contribution in [2.45, 2.75) is 6.18 Å². The van der Waals surface area contributed by atoms with E-state index in [4.69, 9.17) is 15.0 Å². The highest BCUT2D eigenvalue weighted by Crippen LogP contribution is 2.46. The van der Waals surface area contributed by atoms with Crippen LogP contribution in [-0.2, 0) is 6.18 Å². The maximum Gasteiger partial charge on any atom is 0.416 e. The molecular formula is C76H46F3N7. The average Bonchev–Trinajstić information content (AvgIpc) is 1.86. The predicted octanol–water partition coefficient (Wildman–Crippen LogP) is 19.9. The first-order valence-corrected chi connectivity index (χ1v) is 28.6. The second-order valence-electron chi connectivity index (χ2n) is 21.8. The van der Waals surface area contributed by atoms with E-state index >= 15 is 13.2 Å². The van der Waals surface area contributed by atoms with E-state index in [-0.39, 0.29) is 0 Å². The van der Waals surface area contributed by atoms with Gasteiger partial charge in [-0.05, 0) is 103 Å². The van der Waals surface area contributed by atoms with Crippen LogP contribution in [0, 0.1) is 0 Å². The molecule has 0 aliphatic carbocycles. The summed E-state index contributed by atoms with van der Waals surface area (Å²) >= 11 is 0. The molecule has 0 aliphatic heterocycles. The Bertz CT molecular complexity index is 5430. The topological polar surface area (TPSA) is 58.4 Å². The number of halogens is 3. The van der Waals surface area contributed by atoms with Gasteiger partial charge in [-0.15, -0.1) is 0 Å². The van der Waals surface area contributed by atoms with Crippen LogP contribution in [0.3, 0.4) is 0 Å². The van der Waals surface area contributed by atoms with Crippen LogP contribution < -0.4 is 0 Å². The summed E-state index contributed by atoms with van der Waals surface area (Å²) in [5.41, 5.74) is 13.5. The van der Waals surface area contributed by atoms with E-state index in [1.807, 2.05) is 102 Å². The summed E-state index contributed by atoms with van der Waals surface area (Å²) in [5.74, 6) is 1.39. The number of alkyl halides is 3. The Morgan fingerprint density at radius 1 is 0.244 bits per heavy atom. The van der Waals surface area contributed by atoms with E-state index in [2.05, 4.69) is 177 Å². The van der Waals surface area contributed by atoms with Crippen molar-refractivity contribution in [2.75, 3.05) is 0 Å². The molecule has 0 aliphatic rings. The number of hydrogen-bond acceptors (Lipinski definition) is 3. The van der Waals surface area contributed by atoms with Gasteiger partial charge in [0.25, 0.3) is 0 Å². The number of fused-ring (bicyclic) bond motifs is 12. The van der Waals surface area contributed by atoms with Crippen LogP contribution in [-0.4, -0.2) is 33.2 Å².